The van der Waals surface area contributed by atoms with Crippen LogP contribution in [0.4, 0.5) is 0 Å². The second-order valence-corrected chi connectivity index (χ2v) is 4.87. The summed E-state index contributed by atoms with van der Waals surface area (Å²) >= 11 is 5.05. The number of rotatable bonds is 2. The number of nitrogens with zero attached hydrogens (tertiary/aromatic N) is 1. The average molecular weight is 255 g/mol. The van der Waals surface area contributed by atoms with E-state index >= 15 is 0 Å². The monoisotopic (exact) mass is 255 g/mol. The zero-order valence-electron chi connectivity index (χ0n) is 10.1. The molecule has 1 fully saturated rings. The molecule has 0 radical (unpaired) electrons. The Kier molecular flexibility index (Phi) is 3.63. The summed E-state index contributed by atoms with van der Waals surface area (Å²) in [6.45, 7) is 2.04. The van der Waals surface area contributed by atoms with Gasteiger partial charge in [0.05, 0.1) is 12.8 Å². The Bertz CT molecular complexity index is 466. The first kappa shape index (κ1) is 12.3. The molecule has 1 saturated heterocycles. The third kappa shape index (κ3) is 2.58. The van der Waals surface area contributed by atoms with Crippen LogP contribution in [-0.2, 0) is 4.74 Å². The highest BCUT2D eigenvalue weighted by Gasteiger charge is 2.25. The van der Waals surface area contributed by atoms with Gasteiger partial charge in [-0.1, -0.05) is 0 Å². The highest BCUT2D eigenvalue weighted by atomic mass is 32.1. The van der Waals surface area contributed by atoms with Crippen molar-refractivity contribution < 1.29 is 9.53 Å². The fourth-order valence-electron chi connectivity index (χ4n) is 2.37. The molecule has 0 saturated carbocycles. The Morgan fingerprint density at radius 2 is 2.29 bits per heavy atom. The lowest BCUT2D eigenvalue weighted by Crippen LogP contribution is -2.31. The van der Waals surface area contributed by atoms with E-state index in [1.165, 1.54) is 7.11 Å². The number of carbonyl (C=O) groups is 1. The topological polar surface area (TPSA) is 61.1 Å². The Morgan fingerprint density at radius 1 is 1.53 bits per heavy atom. The molecule has 0 aliphatic carbocycles. The van der Waals surface area contributed by atoms with Gasteiger partial charge in [0.15, 0.2) is 4.77 Å². The second kappa shape index (κ2) is 5.01. The van der Waals surface area contributed by atoms with E-state index in [4.69, 9.17) is 17.0 Å². The molecule has 2 heterocycles. The van der Waals surface area contributed by atoms with E-state index in [1.807, 2.05) is 0 Å². The SMILES string of the molecule is COC(=O)c1[nH]c(=S)[nH]c1C1CCCN(C)C1. The molecule has 5 nitrogen and oxygen atoms in total. The molecule has 6 heteroatoms. The van der Waals surface area contributed by atoms with Gasteiger partial charge in [0.1, 0.15) is 5.69 Å². The molecule has 17 heavy (non-hydrogen) atoms. The number of aromatic amines is 2. The maximum absolute atomic E-state index is 11.6. The van der Waals surface area contributed by atoms with Crippen LogP contribution in [0.2, 0.25) is 0 Å². The van der Waals surface area contributed by atoms with Gasteiger partial charge in [0, 0.05) is 12.5 Å². The number of methoxy groups -OCH3 is 1. The van der Waals surface area contributed by atoms with Gasteiger partial charge in [-0.3, -0.25) is 0 Å². The van der Waals surface area contributed by atoms with Crippen LogP contribution in [0.15, 0.2) is 0 Å². The molecule has 0 amide bonds. The number of H-pyrrole nitrogens is 2. The summed E-state index contributed by atoms with van der Waals surface area (Å²) < 4.78 is 5.24. The van der Waals surface area contributed by atoms with Crippen molar-refractivity contribution in [2.75, 3.05) is 27.2 Å². The van der Waals surface area contributed by atoms with Gasteiger partial charge in [-0.25, -0.2) is 4.79 Å². The smallest absolute Gasteiger partial charge is 0.356 e. The molecule has 2 N–H and O–H groups in total. The number of ether oxygens (including phenoxy) is 1. The van der Waals surface area contributed by atoms with Gasteiger partial charge < -0.3 is 19.6 Å². The fraction of sp³-hybridized carbons (Fsp3) is 0.636. The number of aromatic nitrogens is 2. The summed E-state index contributed by atoms with van der Waals surface area (Å²) in [6.07, 6.45) is 2.20. The molecule has 1 aromatic rings. The Hall–Kier alpha value is -1.14. The van der Waals surface area contributed by atoms with Crippen molar-refractivity contribution in [2.24, 2.45) is 0 Å². The lowest BCUT2D eigenvalue weighted by Gasteiger charge is -2.29. The molecule has 94 valence electrons. The molecule has 1 unspecified atom stereocenters. The predicted molar refractivity (Wildman–Crippen MR) is 66.8 cm³/mol. The van der Waals surface area contributed by atoms with Crippen LogP contribution in [0.1, 0.15) is 34.9 Å². The summed E-state index contributed by atoms with van der Waals surface area (Å²) in [5.41, 5.74) is 1.35. The number of imidazole rings is 1. The molecule has 1 aliphatic rings. The first-order valence-electron chi connectivity index (χ1n) is 5.71. The van der Waals surface area contributed by atoms with E-state index < -0.39 is 0 Å². The van der Waals surface area contributed by atoms with Crippen LogP contribution in [0, 0.1) is 4.77 Å². The number of likely N-dealkylation sites (tertiary alicyclic amines) is 1. The lowest BCUT2D eigenvalue weighted by molar-refractivity contribution is 0.0591. The number of hydrogen-bond acceptors (Lipinski definition) is 4. The van der Waals surface area contributed by atoms with Gasteiger partial charge in [-0.2, -0.15) is 0 Å². The molecule has 2 rings (SSSR count). The zero-order valence-corrected chi connectivity index (χ0v) is 10.9. The zero-order chi connectivity index (χ0) is 12.4. The standard InChI is InChI=1S/C11H17N3O2S/c1-14-5-3-4-7(6-14)8-9(10(15)16-2)13-11(17)12-8/h7H,3-6H2,1-2H3,(H2,12,13,17). The molecule has 1 aliphatic heterocycles. The normalized spacial score (nSPS) is 21.4. The Balaban J connectivity index is 2.30. The van der Waals surface area contributed by atoms with Crippen molar-refractivity contribution in [1.82, 2.24) is 14.9 Å². The first-order chi connectivity index (χ1) is 8.11. The summed E-state index contributed by atoms with van der Waals surface area (Å²) in [7, 11) is 3.47. The quantitative estimate of drug-likeness (QED) is 0.623. The van der Waals surface area contributed by atoms with Crippen molar-refractivity contribution in [2.45, 2.75) is 18.8 Å². The summed E-state index contributed by atoms with van der Waals surface area (Å²) in [5, 5.41) is 0. The van der Waals surface area contributed by atoms with Crippen LogP contribution in [0.3, 0.4) is 0 Å². The van der Waals surface area contributed by atoms with Crippen LogP contribution >= 0.6 is 12.2 Å². The average Bonchev–Trinajstić information content (AvgIpc) is 2.70. The van der Waals surface area contributed by atoms with E-state index in [9.17, 15) is 4.79 Å². The summed E-state index contributed by atoms with van der Waals surface area (Å²) in [5.74, 6) is -0.0450. The number of nitrogens with one attached hydrogen (secondary N) is 2. The second-order valence-electron chi connectivity index (χ2n) is 4.46. The summed E-state index contributed by atoms with van der Waals surface area (Å²) in [4.78, 5) is 19.9. The highest BCUT2D eigenvalue weighted by Crippen LogP contribution is 2.27. The fourth-order valence-corrected chi connectivity index (χ4v) is 2.58. The lowest BCUT2D eigenvalue weighted by atomic mass is 9.94. The van der Waals surface area contributed by atoms with Gasteiger partial charge >= 0.3 is 5.97 Å². The van der Waals surface area contributed by atoms with Crippen LogP contribution in [-0.4, -0.2) is 48.1 Å². The maximum Gasteiger partial charge on any atom is 0.356 e. The van der Waals surface area contributed by atoms with E-state index in [2.05, 4.69) is 21.9 Å². The van der Waals surface area contributed by atoms with Crippen LogP contribution < -0.4 is 0 Å². The molecule has 0 bridgehead atoms. The van der Waals surface area contributed by atoms with Crippen LogP contribution in [0.25, 0.3) is 0 Å². The van der Waals surface area contributed by atoms with Crippen molar-refractivity contribution in [3.8, 4) is 0 Å². The van der Waals surface area contributed by atoms with E-state index in [0.29, 0.717) is 16.4 Å². The number of esters is 1. The number of hydrogen-bond donors (Lipinski definition) is 2. The molecule has 0 aromatic carbocycles. The van der Waals surface area contributed by atoms with E-state index in [1.54, 1.807) is 0 Å². The number of carbonyl (C=O) groups excluding carboxylic acids is 1. The Morgan fingerprint density at radius 3 is 2.94 bits per heavy atom. The maximum atomic E-state index is 11.6. The van der Waals surface area contributed by atoms with Crippen LogP contribution in [0.5, 0.6) is 0 Å². The van der Waals surface area contributed by atoms with Gasteiger partial charge in [0.2, 0.25) is 0 Å². The van der Waals surface area contributed by atoms with Gasteiger partial charge in [-0.05, 0) is 38.7 Å². The number of piperidine rings is 1. The highest BCUT2D eigenvalue weighted by molar-refractivity contribution is 7.71. The number of likely N-dealkylation sites (N-methyl/N-ethyl adjacent to an activating group) is 1. The molecule has 1 aromatic heterocycles. The third-order valence-electron chi connectivity index (χ3n) is 3.18. The third-order valence-corrected chi connectivity index (χ3v) is 3.38. The van der Waals surface area contributed by atoms with E-state index in [0.717, 1.165) is 31.6 Å². The molecular weight excluding hydrogens is 238 g/mol. The molecular formula is C11H17N3O2S. The largest absolute Gasteiger partial charge is 0.464 e. The predicted octanol–water partition coefficient (Wildman–Crippen LogP) is 1.67. The van der Waals surface area contributed by atoms with Gasteiger partial charge in [0.25, 0.3) is 0 Å². The van der Waals surface area contributed by atoms with Gasteiger partial charge in [-0.15, -0.1) is 0 Å². The summed E-state index contributed by atoms with van der Waals surface area (Å²) in [6, 6.07) is 0. The van der Waals surface area contributed by atoms with Crippen molar-refractivity contribution in [3.05, 3.63) is 16.2 Å². The molecule has 1 atom stereocenters. The first-order valence-corrected chi connectivity index (χ1v) is 6.11. The van der Waals surface area contributed by atoms with E-state index in [-0.39, 0.29) is 5.97 Å². The Labute approximate surface area is 105 Å². The minimum absolute atomic E-state index is 0.316. The van der Waals surface area contributed by atoms with Crippen molar-refractivity contribution >= 4 is 18.2 Å². The minimum atomic E-state index is -0.361. The van der Waals surface area contributed by atoms with Crippen molar-refractivity contribution in [1.29, 1.82) is 0 Å². The minimum Gasteiger partial charge on any atom is -0.464 e. The molecule has 0 spiro atoms. The van der Waals surface area contributed by atoms with Crippen molar-refractivity contribution in [3.63, 3.8) is 0 Å².